The monoisotopic (exact) mass is 769 g/mol. The van der Waals surface area contributed by atoms with Crippen molar-refractivity contribution < 1.29 is 0 Å². The second-order valence-electron chi connectivity index (χ2n) is 15.4. The molecule has 3 heteroatoms. The van der Waals surface area contributed by atoms with Crippen molar-refractivity contribution >= 4 is 22.3 Å². The summed E-state index contributed by atoms with van der Waals surface area (Å²) in [5, 5.41) is 2.44. The van der Waals surface area contributed by atoms with Crippen LogP contribution in [0.4, 0.5) is 0 Å². The van der Waals surface area contributed by atoms with Gasteiger partial charge in [-0.05, 0) is 73.8 Å². The predicted molar refractivity (Wildman–Crippen MR) is 251 cm³/mol. The van der Waals surface area contributed by atoms with E-state index in [1.54, 1.807) is 0 Å². The van der Waals surface area contributed by atoms with Crippen molar-refractivity contribution in [2.75, 3.05) is 0 Å². The summed E-state index contributed by atoms with van der Waals surface area (Å²) >= 11 is 0. The van der Waals surface area contributed by atoms with E-state index in [9.17, 15) is 0 Å². The van der Waals surface area contributed by atoms with E-state index < -0.39 is 0 Å². The van der Waals surface area contributed by atoms with Gasteiger partial charge in [0.05, 0.1) is 23.1 Å². The summed E-state index contributed by atoms with van der Waals surface area (Å²) in [6, 6.07) is 77.6. The Bertz CT molecular complexity index is 2910. The molecule has 2 atom stereocenters. The third kappa shape index (κ3) is 7.27. The van der Waals surface area contributed by atoms with Gasteiger partial charge in [-0.3, -0.25) is 4.99 Å². The zero-order valence-electron chi connectivity index (χ0n) is 33.5. The van der Waals surface area contributed by atoms with Crippen LogP contribution < -0.4 is 0 Å². The van der Waals surface area contributed by atoms with Crippen LogP contribution in [0, 0.1) is 5.92 Å². The first-order chi connectivity index (χ1) is 29.7. The van der Waals surface area contributed by atoms with E-state index in [0.29, 0.717) is 0 Å². The molecule has 0 spiro atoms. The quantitative estimate of drug-likeness (QED) is 0.144. The van der Waals surface area contributed by atoms with E-state index in [-0.39, 0.29) is 12.0 Å². The number of fused-ring (bicyclic) bond motifs is 1. The molecule has 0 radical (unpaired) electrons. The fourth-order valence-electron chi connectivity index (χ4n) is 8.66. The first-order valence-corrected chi connectivity index (χ1v) is 20.8. The lowest BCUT2D eigenvalue weighted by atomic mass is 9.82. The smallest absolute Gasteiger partial charge is 0.155 e. The summed E-state index contributed by atoms with van der Waals surface area (Å²) in [4.78, 5) is 15.7. The van der Waals surface area contributed by atoms with Gasteiger partial charge in [-0.1, -0.05) is 213 Å². The maximum absolute atomic E-state index is 5.31. The highest BCUT2D eigenvalue weighted by Gasteiger charge is 2.31. The van der Waals surface area contributed by atoms with Gasteiger partial charge in [0, 0.05) is 22.6 Å². The highest BCUT2D eigenvalue weighted by Crippen LogP contribution is 2.41. The van der Waals surface area contributed by atoms with E-state index in [2.05, 4.69) is 207 Å². The van der Waals surface area contributed by atoms with Crippen molar-refractivity contribution in [2.45, 2.75) is 19.4 Å². The van der Waals surface area contributed by atoms with Crippen LogP contribution in [0.2, 0.25) is 0 Å². The fraction of sp³-hybridized carbons (Fsp3) is 0.0702. The Balaban J connectivity index is 1.04. The Hall–Kier alpha value is -7.49. The normalized spacial score (nSPS) is 15.0. The number of pyridine rings is 1. The average Bonchev–Trinajstić information content (AvgIpc) is 3.34. The van der Waals surface area contributed by atoms with Gasteiger partial charge in [-0.25, -0.2) is 9.98 Å². The molecule has 0 fully saturated rings. The summed E-state index contributed by atoms with van der Waals surface area (Å²) in [7, 11) is 0. The van der Waals surface area contributed by atoms with E-state index >= 15 is 0 Å². The number of benzene rings is 8. The number of hydrogen-bond donors (Lipinski definition) is 0. The highest BCUT2D eigenvalue weighted by molar-refractivity contribution is 6.15. The van der Waals surface area contributed by atoms with Gasteiger partial charge in [0.25, 0.3) is 0 Å². The molecule has 0 saturated carbocycles. The second-order valence-corrected chi connectivity index (χ2v) is 15.4. The number of rotatable bonds is 9. The van der Waals surface area contributed by atoms with Crippen molar-refractivity contribution in [1.29, 1.82) is 0 Å². The Morgan fingerprint density at radius 2 is 0.933 bits per heavy atom. The lowest BCUT2D eigenvalue weighted by Gasteiger charge is -2.30. The molecule has 0 amide bonds. The lowest BCUT2D eigenvalue weighted by molar-refractivity contribution is 0.532. The molecule has 9 aromatic rings. The van der Waals surface area contributed by atoms with Gasteiger partial charge < -0.3 is 0 Å². The first kappa shape index (κ1) is 36.8. The predicted octanol–water partition coefficient (Wildman–Crippen LogP) is 14.6. The van der Waals surface area contributed by atoms with Gasteiger partial charge in [0.1, 0.15) is 0 Å². The maximum atomic E-state index is 5.31. The topological polar surface area (TPSA) is 37.6 Å². The van der Waals surface area contributed by atoms with E-state index in [1.807, 2.05) is 18.2 Å². The van der Waals surface area contributed by atoms with Gasteiger partial charge in [0.2, 0.25) is 0 Å². The molecular weight excluding hydrogens is 727 g/mol. The molecule has 2 unspecified atom stereocenters. The molecule has 8 aromatic carbocycles. The average molecular weight is 770 g/mol. The minimum Gasteiger partial charge on any atom is -0.257 e. The molecule has 10 rings (SSSR count). The van der Waals surface area contributed by atoms with Crippen LogP contribution in [-0.2, 0) is 0 Å². The molecule has 3 nitrogen and oxygen atoms in total. The molecular formula is C57H43N3. The Morgan fingerprint density at radius 3 is 1.55 bits per heavy atom. The number of amidine groups is 1. The molecule has 1 aliphatic heterocycles. The van der Waals surface area contributed by atoms with Crippen molar-refractivity contribution in [2.24, 2.45) is 15.9 Å². The van der Waals surface area contributed by atoms with Crippen LogP contribution in [0.25, 0.3) is 66.7 Å². The third-order valence-electron chi connectivity index (χ3n) is 11.7. The molecule has 60 heavy (non-hydrogen) atoms. The van der Waals surface area contributed by atoms with Crippen LogP contribution in [-0.4, -0.2) is 16.5 Å². The summed E-state index contributed by atoms with van der Waals surface area (Å²) in [5.41, 5.74) is 15.6. The van der Waals surface area contributed by atoms with Crippen LogP contribution in [0.1, 0.15) is 36.1 Å². The van der Waals surface area contributed by atoms with Crippen LogP contribution in [0.15, 0.2) is 228 Å². The van der Waals surface area contributed by atoms with Gasteiger partial charge >= 0.3 is 0 Å². The molecule has 0 saturated heterocycles. The van der Waals surface area contributed by atoms with Crippen LogP contribution >= 0.6 is 0 Å². The lowest BCUT2D eigenvalue weighted by Crippen LogP contribution is -2.28. The van der Waals surface area contributed by atoms with Gasteiger partial charge in [-0.15, -0.1) is 0 Å². The van der Waals surface area contributed by atoms with Crippen LogP contribution in [0.5, 0.6) is 0 Å². The largest absolute Gasteiger partial charge is 0.257 e. The minimum atomic E-state index is -0.0202. The number of hydrogen-bond acceptors (Lipinski definition) is 3. The number of aromatic nitrogens is 1. The fourth-order valence-corrected chi connectivity index (χ4v) is 8.66. The summed E-state index contributed by atoms with van der Waals surface area (Å²) < 4.78 is 0. The van der Waals surface area contributed by atoms with Crippen molar-refractivity contribution in [3.05, 3.63) is 235 Å². The van der Waals surface area contributed by atoms with E-state index in [4.69, 9.17) is 15.0 Å². The van der Waals surface area contributed by atoms with Crippen molar-refractivity contribution in [1.82, 2.24) is 4.98 Å². The summed E-state index contributed by atoms with van der Waals surface area (Å²) in [6.45, 7) is 2.25. The molecule has 0 N–H and O–H groups in total. The third-order valence-corrected chi connectivity index (χ3v) is 11.7. The number of aliphatic imine (C=N–C) groups is 2. The van der Waals surface area contributed by atoms with E-state index in [0.717, 1.165) is 62.7 Å². The summed E-state index contributed by atoms with van der Waals surface area (Å²) in [5.74, 6) is 0.928. The second kappa shape index (κ2) is 16.4. The standard InChI is InChI=1S/C57H43N3/c1-2-49-55(45-22-11-5-12-23-45)59-57(47-24-13-6-14-25-47)60-56(49)46-33-31-44(32-34-46)54-50-26-16-15-17-40(50)35-36-51(54)41-29-27-39(28-30-41)48-37-52(42-18-7-3-8-19-42)58-53(38-48)43-20-9-4-10-21-43/h3-38,49,55H,2H2,1H3. The Morgan fingerprint density at radius 1 is 0.417 bits per heavy atom. The van der Waals surface area contributed by atoms with Crippen molar-refractivity contribution in [3.8, 4) is 55.9 Å². The molecule has 0 bridgehead atoms. The molecule has 286 valence electrons. The Kier molecular flexibility index (Phi) is 10.1. The maximum Gasteiger partial charge on any atom is 0.155 e. The molecule has 2 heterocycles. The van der Waals surface area contributed by atoms with Gasteiger partial charge in [0.15, 0.2) is 5.84 Å². The zero-order valence-corrected chi connectivity index (χ0v) is 33.5. The highest BCUT2D eigenvalue weighted by atomic mass is 15.0. The molecule has 1 aliphatic rings. The van der Waals surface area contributed by atoms with Crippen LogP contribution in [0.3, 0.4) is 0 Å². The SMILES string of the molecule is CCC1C(c2ccc(-c3c(-c4ccc(-c5cc(-c6ccccc6)nc(-c6ccccc6)c5)cc4)ccc4ccccc34)cc2)=NC(c2ccccc2)=NC1c1ccccc1. The molecule has 0 aliphatic carbocycles. The molecule has 1 aromatic heterocycles. The first-order valence-electron chi connectivity index (χ1n) is 20.8. The van der Waals surface area contributed by atoms with Gasteiger partial charge in [-0.2, -0.15) is 0 Å². The Labute approximate surface area is 352 Å². The summed E-state index contributed by atoms with van der Waals surface area (Å²) in [6.07, 6.45) is 0.926. The minimum absolute atomic E-state index is 0.0202. The zero-order chi connectivity index (χ0) is 40.3. The number of nitrogens with zero attached hydrogens (tertiary/aromatic N) is 3. The van der Waals surface area contributed by atoms with E-state index in [1.165, 1.54) is 38.6 Å². The van der Waals surface area contributed by atoms with Crippen molar-refractivity contribution in [3.63, 3.8) is 0 Å².